The summed E-state index contributed by atoms with van der Waals surface area (Å²) in [5, 5.41) is 0. The van der Waals surface area contributed by atoms with Crippen molar-refractivity contribution in [1.82, 2.24) is 0 Å². The summed E-state index contributed by atoms with van der Waals surface area (Å²) < 4.78 is 11.7. The van der Waals surface area contributed by atoms with Crippen molar-refractivity contribution in [3.05, 3.63) is 30.3 Å². The zero-order valence-corrected chi connectivity index (χ0v) is 16.0. The topological polar surface area (TPSA) is 18.5 Å². The lowest BCUT2D eigenvalue weighted by Crippen LogP contribution is -2.23. The van der Waals surface area contributed by atoms with Crippen LogP contribution in [0, 0.1) is 0 Å². The lowest BCUT2D eigenvalue weighted by Gasteiger charge is -2.19. The van der Waals surface area contributed by atoms with E-state index in [-0.39, 0.29) is 6.10 Å². The monoisotopic (exact) mass is 334 g/mol. The van der Waals surface area contributed by atoms with Crippen molar-refractivity contribution in [2.45, 2.75) is 90.6 Å². The number of hydrogen-bond donors (Lipinski definition) is 0. The molecule has 138 valence electrons. The number of benzene rings is 1. The first-order chi connectivity index (χ1) is 11.9. The van der Waals surface area contributed by atoms with Crippen molar-refractivity contribution in [2.75, 3.05) is 13.2 Å². The summed E-state index contributed by atoms with van der Waals surface area (Å²) in [6, 6.07) is 10.1. The van der Waals surface area contributed by atoms with Crippen molar-refractivity contribution >= 4 is 0 Å². The summed E-state index contributed by atoms with van der Waals surface area (Å²) in [6.45, 7) is 5.77. The van der Waals surface area contributed by atoms with Crippen LogP contribution in [0.25, 0.3) is 0 Å². The molecule has 2 heteroatoms. The number of ether oxygens (including phenoxy) is 2. The van der Waals surface area contributed by atoms with Gasteiger partial charge in [-0.05, 0) is 31.9 Å². The molecule has 0 heterocycles. The molecule has 1 aromatic rings. The van der Waals surface area contributed by atoms with Crippen molar-refractivity contribution in [3.8, 4) is 5.75 Å². The van der Waals surface area contributed by atoms with Gasteiger partial charge in [0.1, 0.15) is 11.9 Å². The zero-order valence-electron chi connectivity index (χ0n) is 16.0. The summed E-state index contributed by atoms with van der Waals surface area (Å²) in [5.74, 6) is 0.953. The molecule has 0 aromatic heterocycles. The van der Waals surface area contributed by atoms with Crippen molar-refractivity contribution < 1.29 is 9.47 Å². The van der Waals surface area contributed by atoms with Gasteiger partial charge in [-0.3, -0.25) is 0 Å². The molecule has 0 amide bonds. The average molecular weight is 335 g/mol. The first-order valence-corrected chi connectivity index (χ1v) is 10.2. The van der Waals surface area contributed by atoms with E-state index in [1.165, 1.54) is 64.2 Å². The first-order valence-electron chi connectivity index (χ1n) is 10.2. The molecular formula is C22H38O2. The predicted molar refractivity (Wildman–Crippen MR) is 104 cm³/mol. The lowest BCUT2D eigenvalue weighted by molar-refractivity contribution is 0.0509. The summed E-state index contributed by atoms with van der Waals surface area (Å²) in [5.41, 5.74) is 0. The van der Waals surface area contributed by atoms with Crippen LogP contribution < -0.4 is 4.74 Å². The Morgan fingerprint density at radius 1 is 0.750 bits per heavy atom. The molecule has 1 atom stereocenters. The van der Waals surface area contributed by atoms with Gasteiger partial charge in [0.05, 0.1) is 6.61 Å². The van der Waals surface area contributed by atoms with Gasteiger partial charge in [0.15, 0.2) is 0 Å². The number of hydrogen-bond acceptors (Lipinski definition) is 2. The zero-order chi connectivity index (χ0) is 17.3. The third-order valence-electron chi connectivity index (χ3n) is 4.43. The highest BCUT2D eigenvalue weighted by molar-refractivity contribution is 5.21. The molecule has 0 saturated carbocycles. The third kappa shape index (κ3) is 11.5. The van der Waals surface area contributed by atoms with Crippen LogP contribution in [0.1, 0.15) is 84.5 Å². The highest BCUT2D eigenvalue weighted by Gasteiger charge is 2.10. The van der Waals surface area contributed by atoms with E-state index < -0.39 is 0 Å². The molecule has 2 nitrogen and oxygen atoms in total. The van der Waals surface area contributed by atoms with Crippen LogP contribution in [0.5, 0.6) is 5.75 Å². The minimum absolute atomic E-state index is 0.182. The van der Waals surface area contributed by atoms with Gasteiger partial charge in [0, 0.05) is 6.61 Å². The Hall–Kier alpha value is -1.02. The molecule has 0 bridgehead atoms. The maximum absolute atomic E-state index is 6.07. The lowest BCUT2D eigenvalue weighted by atomic mass is 10.0. The molecule has 0 spiro atoms. The molecule has 1 aromatic carbocycles. The largest absolute Gasteiger partial charge is 0.488 e. The predicted octanol–water partition coefficient (Wildman–Crippen LogP) is 6.78. The highest BCUT2D eigenvalue weighted by Crippen LogP contribution is 2.16. The fourth-order valence-electron chi connectivity index (χ4n) is 2.98. The number of para-hydroxylation sites is 1. The Bertz CT molecular complexity index is 363. The van der Waals surface area contributed by atoms with Crippen molar-refractivity contribution in [3.63, 3.8) is 0 Å². The Morgan fingerprint density at radius 3 is 1.92 bits per heavy atom. The third-order valence-corrected chi connectivity index (χ3v) is 4.43. The van der Waals surface area contributed by atoms with Crippen LogP contribution in [0.4, 0.5) is 0 Å². The van der Waals surface area contributed by atoms with Gasteiger partial charge in [-0.15, -0.1) is 0 Å². The van der Waals surface area contributed by atoms with Crippen molar-refractivity contribution in [1.29, 1.82) is 0 Å². The molecule has 24 heavy (non-hydrogen) atoms. The smallest absolute Gasteiger partial charge is 0.122 e. The molecule has 0 aliphatic carbocycles. The summed E-state index contributed by atoms with van der Waals surface area (Å²) >= 11 is 0. The molecule has 0 radical (unpaired) electrons. The molecule has 0 aliphatic rings. The van der Waals surface area contributed by atoms with Crippen LogP contribution in [-0.2, 0) is 4.74 Å². The van der Waals surface area contributed by atoms with Gasteiger partial charge < -0.3 is 9.47 Å². The molecule has 1 rings (SSSR count). The maximum Gasteiger partial charge on any atom is 0.122 e. The van der Waals surface area contributed by atoms with Crippen LogP contribution in [-0.4, -0.2) is 19.3 Å². The molecular weight excluding hydrogens is 296 g/mol. The van der Waals surface area contributed by atoms with E-state index in [9.17, 15) is 0 Å². The van der Waals surface area contributed by atoms with E-state index in [1.54, 1.807) is 0 Å². The second-order valence-electron chi connectivity index (χ2n) is 6.68. The Balaban J connectivity index is 2.07. The highest BCUT2D eigenvalue weighted by atomic mass is 16.5. The van der Waals surface area contributed by atoms with Crippen molar-refractivity contribution in [2.24, 2.45) is 0 Å². The van der Waals surface area contributed by atoms with E-state index in [1.807, 2.05) is 37.3 Å². The quantitative estimate of drug-likeness (QED) is 0.310. The van der Waals surface area contributed by atoms with Gasteiger partial charge in [-0.2, -0.15) is 0 Å². The Labute approximate surface area is 149 Å². The van der Waals surface area contributed by atoms with Gasteiger partial charge >= 0.3 is 0 Å². The molecule has 1 unspecified atom stereocenters. The SMILES string of the molecule is CCCCCCCCCCCCC(COCC)Oc1ccccc1. The van der Waals surface area contributed by atoms with E-state index in [2.05, 4.69) is 6.92 Å². The van der Waals surface area contributed by atoms with Gasteiger partial charge in [-0.25, -0.2) is 0 Å². The average Bonchev–Trinajstić information content (AvgIpc) is 2.62. The standard InChI is InChI=1S/C22H38O2/c1-3-5-6-7-8-9-10-11-12-14-19-22(20-23-4-2)24-21-17-15-13-16-18-21/h13,15-18,22H,3-12,14,19-20H2,1-2H3. The summed E-state index contributed by atoms with van der Waals surface area (Å²) in [6.07, 6.45) is 15.0. The normalized spacial score (nSPS) is 12.2. The van der Waals surface area contributed by atoms with Gasteiger partial charge in [-0.1, -0.05) is 82.9 Å². The van der Waals surface area contributed by atoms with Crippen LogP contribution in [0.2, 0.25) is 0 Å². The van der Waals surface area contributed by atoms with E-state index in [4.69, 9.17) is 9.47 Å². The number of unbranched alkanes of at least 4 members (excludes halogenated alkanes) is 9. The number of rotatable bonds is 16. The molecule has 0 aliphatic heterocycles. The van der Waals surface area contributed by atoms with Crippen LogP contribution in [0.15, 0.2) is 30.3 Å². The summed E-state index contributed by atoms with van der Waals surface area (Å²) in [7, 11) is 0. The second-order valence-corrected chi connectivity index (χ2v) is 6.68. The van der Waals surface area contributed by atoms with Crippen LogP contribution in [0.3, 0.4) is 0 Å². The fraction of sp³-hybridized carbons (Fsp3) is 0.727. The van der Waals surface area contributed by atoms with Gasteiger partial charge in [0.2, 0.25) is 0 Å². The molecule has 0 saturated heterocycles. The fourth-order valence-corrected chi connectivity index (χ4v) is 2.98. The van der Waals surface area contributed by atoms with E-state index in [0.29, 0.717) is 6.61 Å². The summed E-state index contributed by atoms with van der Waals surface area (Å²) in [4.78, 5) is 0. The Morgan fingerprint density at radius 2 is 1.33 bits per heavy atom. The molecule has 0 fully saturated rings. The first kappa shape index (κ1) is 21.0. The van der Waals surface area contributed by atoms with Crippen LogP contribution >= 0.6 is 0 Å². The minimum Gasteiger partial charge on any atom is -0.488 e. The van der Waals surface area contributed by atoms with E-state index in [0.717, 1.165) is 18.8 Å². The molecule has 0 N–H and O–H groups in total. The second kappa shape index (κ2) is 15.5. The van der Waals surface area contributed by atoms with Gasteiger partial charge in [0.25, 0.3) is 0 Å². The van der Waals surface area contributed by atoms with E-state index >= 15 is 0 Å². The minimum atomic E-state index is 0.182. The maximum atomic E-state index is 6.07. The Kier molecular flexibility index (Phi) is 13.6.